The minimum absolute atomic E-state index is 0.0928. The molecule has 2 aromatic rings. The molecule has 2 aromatic carbocycles. The van der Waals surface area contributed by atoms with Crippen LogP contribution in [0.3, 0.4) is 0 Å². The van der Waals surface area contributed by atoms with Gasteiger partial charge in [-0.1, -0.05) is 0 Å². The number of ether oxygens (including phenoxy) is 5. The molecule has 2 aliphatic rings. The van der Waals surface area contributed by atoms with E-state index in [1.165, 1.54) is 25.3 Å². The molecule has 0 saturated carbocycles. The summed E-state index contributed by atoms with van der Waals surface area (Å²) in [5.74, 6) is -3.19. The largest absolute Gasteiger partial charge is 0.507 e. The van der Waals surface area contributed by atoms with Gasteiger partial charge in [0, 0.05) is 11.6 Å². The highest BCUT2D eigenvalue weighted by Crippen LogP contribution is 2.31. The lowest BCUT2D eigenvalue weighted by atomic mass is 9.99. The number of aliphatic hydroxyl groups is 6. The molecule has 0 amide bonds. The van der Waals surface area contributed by atoms with Gasteiger partial charge in [-0.05, 0) is 30.3 Å². The van der Waals surface area contributed by atoms with E-state index >= 15 is 0 Å². The second-order valence-corrected chi connectivity index (χ2v) is 9.58. The molecule has 0 spiro atoms. The number of carbonyl (C=O) groups excluding carboxylic acids is 2. The van der Waals surface area contributed by atoms with Crippen LogP contribution in [0.25, 0.3) is 0 Å². The van der Waals surface area contributed by atoms with E-state index in [2.05, 4.69) is 0 Å². The highest BCUT2D eigenvalue weighted by atomic mass is 16.7. The van der Waals surface area contributed by atoms with Gasteiger partial charge in [-0.25, -0.2) is 0 Å². The first-order chi connectivity index (χ1) is 19.4. The number of aliphatic hydroxyl groups excluding tert-OH is 5. The predicted molar refractivity (Wildman–Crippen MR) is 132 cm³/mol. The number of phenols is 2. The predicted octanol–water partition coefficient (Wildman–Crippen LogP) is -2.18. The lowest BCUT2D eigenvalue weighted by Crippen LogP contribution is -2.60. The minimum atomic E-state index is -1.95. The third kappa shape index (κ3) is 6.13. The van der Waals surface area contributed by atoms with Crippen LogP contribution in [0.15, 0.2) is 36.4 Å². The van der Waals surface area contributed by atoms with Crippen molar-refractivity contribution < 1.29 is 74.1 Å². The molecule has 0 radical (unpaired) electrons. The first kappa shape index (κ1) is 30.6. The zero-order valence-electron chi connectivity index (χ0n) is 21.6. The summed E-state index contributed by atoms with van der Waals surface area (Å²) >= 11 is 0. The zero-order chi connectivity index (χ0) is 30.1. The Hall–Kier alpha value is -3.38. The summed E-state index contributed by atoms with van der Waals surface area (Å²) in [6.07, 6.45) is -11.2. The van der Waals surface area contributed by atoms with Crippen molar-refractivity contribution in [1.29, 1.82) is 0 Å². The van der Waals surface area contributed by atoms with Gasteiger partial charge in [-0.15, -0.1) is 0 Å². The molecule has 8 unspecified atom stereocenters. The maximum absolute atomic E-state index is 12.7. The molecule has 2 fully saturated rings. The fourth-order valence-corrected chi connectivity index (χ4v) is 4.27. The molecule has 224 valence electrons. The lowest BCUT2D eigenvalue weighted by molar-refractivity contribution is -0.289. The van der Waals surface area contributed by atoms with E-state index in [0.29, 0.717) is 0 Å². The fraction of sp³-hybridized carbons (Fsp3) is 0.462. The molecule has 4 rings (SSSR count). The Bertz CT molecular complexity index is 1270. The number of hydrogen-bond donors (Lipinski definition) is 8. The van der Waals surface area contributed by atoms with Crippen LogP contribution in [0.2, 0.25) is 0 Å². The van der Waals surface area contributed by atoms with Crippen LogP contribution in [-0.2, 0) is 14.2 Å². The van der Waals surface area contributed by atoms with Crippen LogP contribution < -0.4 is 9.47 Å². The van der Waals surface area contributed by atoms with Gasteiger partial charge >= 0.3 is 0 Å². The Morgan fingerprint density at radius 1 is 0.951 bits per heavy atom. The average molecular weight is 583 g/mol. The highest BCUT2D eigenvalue weighted by Gasteiger charge is 2.50. The summed E-state index contributed by atoms with van der Waals surface area (Å²) in [7, 11) is 1.31. The maximum Gasteiger partial charge on any atom is 0.237 e. The van der Waals surface area contributed by atoms with Crippen LogP contribution >= 0.6 is 0 Å². The summed E-state index contributed by atoms with van der Waals surface area (Å²) in [4.78, 5) is 25.3. The quantitative estimate of drug-likeness (QED) is 0.110. The Kier molecular flexibility index (Phi) is 9.13. The Labute approximate surface area is 232 Å². The SMILES string of the molecule is COc1ccc(C(=O)C(=O)c2ccc(OC3OC(COC4OCC(O)(CO)C4O)C(O)C(O)C3O)cc2O)cc1O. The van der Waals surface area contributed by atoms with Gasteiger partial charge in [0.1, 0.15) is 47.6 Å². The summed E-state index contributed by atoms with van der Waals surface area (Å²) in [5, 5.41) is 80.7. The topological polar surface area (TPSA) is 242 Å². The number of phenolic OH excluding ortho intramolecular Hbond substituents is 2. The van der Waals surface area contributed by atoms with Gasteiger partial charge in [0.15, 0.2) is 17.8 Å². The average Bonchev–Trinajstić information content (AvgIpc) is 3.25. The van der Waals surface area contributed by atoms with Gasteiger partial charge in [0.05, 0.1) is 32.5 Å². The third-order valence-corrected chi connectivity index (χ3v) is 6.79. The van der Waals surface area contributed by atoms with Crippen molar-refractivity contribution in [2.24, 2.45) is 0 Å². The van der Waals surface area contributed by atoms with Gasteiger partial charge in [0.2, 0.25) is 17.9 Å². The number of hydrogen-bond acceptors (Lipinski definition) is 15. The molecule has 15 nitrogen and oxygen atoms in total. The van der Waals surface area contributed by atoms with Gasteiger partial charge in [-0.2, -0.15) is 0 Å². The van der Waals surface area contributed by atoms with Crippen molar-refractivity contribution in [3.63, 3.8) is 0 Å². The number of rotatable bonds is 10. The normalized spacial score (nSPS) is 31.5. The summed E-state index contributed by atoms with van der Waals surface area (Å²) in [6.45, 7) is -1.73. The van der Waals surface area contributed by atoms with E-state index in [1.807, 2.05) is 0 Å². The van der Waals surface area contributed by atoms with Crippen LogP contribution in [0.5, 0.6) is 23.0 Å². The number of benzene rings is 2. The second kappa shape index (κ2) is 12.2. The minimum Gasteiger partial charge on any atom is -0.507 e. The van der Waals surface area contributed by atoms with Crippen LogP contribution in [-0.4, -0.2) is 128 Å². The monoisotopic (exact) mass is 582 g/mol. The number of ketones is 2. The molecule has 2 aliphatic heterocycles. The molecule has 8 atom stereocenters. The van der Waals surface area contributed by atoms with E-state index < -0.39 is 85.8 Å². The summed E-state index contributed by atoms with van der Waals surface area (Å²) < 4.78 is 26.4. The van der Waals surface area contributed by atoms with E-state index in [-0.39, 0.29) is 28.4 Å². The smallest absolute Gasteiger partial charge is 0.237 e. The number of aromatic hydroxyl groups is 2. The van der Waals surface area contributed by atoms with Crippen LogP contribution in [0, 0.1) is 0 Å². The van der Waals surface area contributed by atoms with Crippen molar-refractivity contribution in [2.75, 3.05) is 26.9 Å². The van der Waals surface area contributed by atoms with Crippen molar-refractivity contribution in [3.05, 3.63) is 47.5 Å². The number of methoxy groups -OCH3 is 1. The van der Waals surface area contributed by atoms with Crippen molar-refractivity contribution >= 4 is 11.6 Å². The third-order valence-electron chi connectivity index (χ3n) is 6.79. The van der Waals surface area contributed by atoms with Crippen molar-refractivity contribution in [1.82, 2.24) is 0 Å². The van der Waals surface area contributed by atoms with Crippen LogP contribution in [0.1, 0.15) is 20.7 Å². The number of Topliss-reactive ketones (excluding diaryl/α,β-unsaturated/α-hetero) is 2. The van der Waals surface area contributed by atoms with Crippen molar-refractivity contribution in [2.45, 2.75) is 48.7 Å². The van der Waals surface area contributed by atoms with Gasteiger partial charge in [-0.3, -0.25) is 9.59 Å². The van der Waals surface area contributed by atoms with E-state index in [0.717, 1.165) is 18.2 Å². The second-order valence-electron chi connectivity index (χ2n) is 9.58. The standard InChI is InChI=1S/C26H30O15/c1-37-16-5-2-11(6-15(16)29)18(30)19(31)13-4-3-12(7-14(13)28)40-24-22(34)21(33)20(32)17(41-24)8-38-25-23(35)26(36,9-27)10-39-25/h2-7,17,20-25,27-29,32-36H,8-10H2,1H3. The number of carbonyl (C=O) groups is 2. The zero-order valence-corrected chi connectivity index (χ0v) is 21.6. The molecule has 0 bridgehead atoms. The summed E-state index contributed by atoms with van der Waals surface area (Å²) in [5.41, 5.74) is -2.49. The molecular formula is C26H30O15. The summed E-state index contributed by atoms with van der Waals surface area (Å²) in [6, 6.07) is 6.83. The first-order valence-corrected chi connectivity index (χ1v) is 12.3. The van der Waals surface area contributed by atoms with E-state index in [4.69, 9.17) is 23.7 Å². The maximum atomic E-state index is 12.7. The van der Waals surface area contributed by atoms with Crippen LogP contribution in [0.4, 0.5) is 0 Å². The Balaban J connectivity index is 1.42. The molecule has 0 aromatic heterocycles. The van der Waals surface area contributed by atoms with Crippen molar-refractivity contribution in [3.8, 4) is 23.0 Å². The molecule has 41 heavy (non-hydrogen) atoms. The first-order valence-electron chi connectivity index (χ1n) is 12.3. The molecule has 2 heterocycles. The molecule has 15 heteroatoms. The fourth-order valence-electron chi connectivity index (χ4n) is 4.27. The Morgan fingerprint density at radius 2 is 1.68 bits per heavy atom. The molecule has 0 aliphatic carbocycles. The molecule has 8 N–H and O–H groups in total. The molecule has 2 saturated heterocycles. The Morgan fingerprint density at radius 3 is 2.29 bits per heavy atom. The highest BCUT2D eigenvalue weighted by molar-refractivity contribution is 6.49. The lowest BCUT2D eigenvalue weighted by Gasteiger charge is -2.40. The van der Waals surface area contributed by atoms with E-state index in [9.17, 15) is 50.4 Å². The van der Waals surface area contributed by atoms with Gasteiger partial charge < -0.3 is 64.5 Å². The molecular weight excluding hydrogens is 552 g/mol. The van der Waals surface area contributed by atoms with Gasteiger partial charge in [0.25, 0.3) is 0 Å². The van der Waals surface area contributed by atoms with E-state index in [1.54, 1.807) is 0 Å².